The minimum absolute atomic E-state index is 0.0989. The van der Waals surface area contributed by atoms with Gasteiger partial charge in [0.25, 0.3) is 0 Å². The van der Waals surface area contributed by atoms with Crippen molar-refractivity contribution >= 4 is 23.3 Å². The summed E-state index contributed by atoms with van der Waals surface area (Å²) in [5.74, 6) is -1.52. The van der Waals surface area contributed by atoms with E-state index in [1.807, 2.05) is 19.1 Å². The van der Waals surface area contributed by atoms with Crippen molar-refractivity contribution in [3.63, 3.8) is 0 Å². The molecule has 0 aromatic heterocycles. The summed E-state index contributed by atoms with van der Waals surface area (Å²) in [4.78, 5) is 38.2. The molecule has 5 heteroatoms. The third-order valence-corrected chi connectivity index (χ3v) is 4.84. The van der Waals surface area contributed by atoms with Gasteiger partial charge in [-0.1, -0.05) is 24.3 Å². The molecule has 2 saturated heterocycles. The Hall–Kier alpha value is -2.27. The number of imide groups is 1. The standard InChI is InChI=1S/C17H15NO4/c1-9(19)10-4-3-5-11(8-10)18-15(20)13-12-6-7-17(2,22-12)14(13)16(18)21/h3-8,12-14H,1-2H3/t12-,13-,14+,17-/m1/s1. The lowest BCUT2D eigenvalue weighted by Gasteiger charge is -2.24. The van der Waals surface area contributed by atoms with Gasteiger partial charge in [0.2, 0.25) is 11.8 Å². The summed E-state index contributed by atoms with van der Waals surface area (Å²) in [5.41, 5.74) is 0.244. The van der Waals surface area contributed by atoms with Crippen molar-refractivity contribution in [1.82, 2.24) is 0 Å². The molecule has 2 bridgehead atoms. The lowest BCUT2D eigenvalue weighted by Crippen LogP contribution is -2.38. The van der Waals surface area contributed by atoms with Crippen molar-refractivity contribution in [3.05, 3.63) is 42.0 Å². The van der Waals surface area contributed by atoms with Crippen LogP contribution in [0.2, 0.25) is 0 Å². The fourth-order valence-corrected chi connectivity index (χ4v) is 3.77. The number of ether oxygens (including phenoxy) is 1. The maximum absolute atomic E-state index is 12.8. The molecule has 0 saturated carbocycles. The monoisotopic (exact) mass is 297 g/mol. The number of anilines is 1. The van der Waals surface area contributed by atoms with Crippen LogP contribution in [0.3, 0.4) is 0 Å². The van der Waals surface area contributed by atoms with Crippen molar-refractivity contribution in [1.29, 1.82) is 0 Å². The van der Waals surface area contributed by atoms with Crippen LogP contribution in [-0.4, -0.2) is 29.3 Å². The number of amides is 2. The number of nitrogens with zero attached hydrogens (tertiary/aromatic N) is 1. The summed E-state index contributed by atoms with van der Waals surface area (Å²) in [6.07, 6.45) is 3.41. The maximum Gasteiger partial charge on any atom is 0.241 e. The van der Waals surface area contributed by atoms with Gasteiger partial charge >= 0.3 is 0 Å². The third-order valence-electron chi connectivity index (χ3n) is 4.84. The van der Waals surface area contributed by atoms with Gasteiger partial charge in [0.05, 0.1) is 29.2 Å². The highest BCUT2D eigenvalue weighted by Gasteiger charge is 2.66. The number of hydrogen-bond acceptors (Lipinski definition) is 4. The second-order valence-corrected chi connectivity index (χ2v) is 6.25. The normalized spacial score (nSPS) is 35.4. The number of carbonyl (C=O) groups is 3. The van der Waals surface area contributed by atoms with E-state index < -0.39 is 17.4 Å². The summed E-state index contributed by atoms with van der Waals surface area (Å²) in [6.45, 7) is 3.30. The molecule has 1 aromatic carbocycles. The first-order valence-electron chi connectivity index (χ1n) is 7.28. The lowest BCUT2D eigenvalue weighted by atomic mass is 9.78. The number of fused-ring (bicyclic) bond motifs is 5. The minimum atomic E-state index is -0.699. The van der Waals surface area contributed by atoms with Gasteiger partial charge in [-0.3, -0.25) is 14.4 Å². The predicted octanol–water partition coefficient (Wildman–Crippen LogP) is 1.72. The summed E-state index contributed by atoms with van der Waals surface area (Å²) >= 11 is 0. The smallest absolute Gasteiger partial charge is 0.241 e. The zero-order valence-corrected chi connectivity index (χ0v) is 12.3. The van der Waals surface area contributed by atoms with E-state index in [1.165, 1.54) is 11.8 Å². The Balaban J connectivity index is 1.77. The Labute approximate surface area is 127 Å². The second kappa shape index (κ2) is 4.14. The van der Waals surface area contributed by atoms with Gasteiger partial charge in [-0.25, -0.2) is 4.90 Å². The molecule has 2 amide bonds. The van der Waals surface area contributed by atoms with Crippen molar-refractivity contribution in [2.24, 2.45) is 11.8 Å². The molecule has 0 radical (unpaired) electrons. The zero-order chi connectivity index (χ0) is 15.6. The first-order valence-corrected chi connectivity index (χ1v) is 7.28. The van der Waals surface area contributed by atoms with E-state index in [-0.39, 0.29) is 23.7 Å². The van der Waals surface area contributed by atoms with Gasteiger partial charge < -0.3 is 4.74 Å². The van der Waals surface area contributed by atoms with Gasteiger partial charge in [0, 0.05) is 5.56 Å². The molecule has 3 heterocycles. The van der Waals surface area contributed by atoms with Crippen LogP contribution < -0.4 is 4.90 Å². The first kappa shape index (κ1) is 13.4. The molecule has 4 rings (SSSR count). The molecule has 0 spiro atoms. The number of benzene rings is 1. The van der Waals surface area contributed by atoms with E-state index >= 15 is 0 Å². The number of rotatable bonds is 2. The largest absolute Gasteiger partial charge is 0.362 e. The lowest BCUT2D eigenvalue weighted by molar-refractivity contribution is -0.126. The van der Waals surface area contributed by atoms with Gasteiger partial charge in [0.1, 0.15) is 0 Å². The fourth-order valence-electron chi connectivity index (χ4n) is 3.77. The predicted molar refractivity (Wildman–Crippen MR) is 78.3 cm³/mol. The first-order chi connectivity index (χ1) is 10.4. The topological polar surface area (TPSA) is 63.7 Å². The highest BCUT2D eigenvalue weighted by atomic mass is 16.5. The van der Waals surface area contributed by atoms with Crippen LogP contribution in [0.15, 0.2) is 36.4 Å². The summed E-state index contributed by atoms with van der Waals surface area (Å²) in [7, 11) is 0. The Morgan fingerprint density at radius 1 is 1.27 bits per heavy atom. The third kappa shape index (κ3) is 1.54. The maximum atomic E-state index is 12.8. The van der Waals surface area contributed by atoms with Gasteiger partial charge in [-0.15, -0.1) is 0 Å². The van der Waals surface area contributed by atoms with Crippen LogP contribution in [0, 0.1) is 11.8 Å². The van der Waals surface area contributed by atoms with Gasteiger partial charge in [-0.2, -0.15) is 0 Å². The van der Waals surface area contributed by atoms with Crippen molar-refractivity contribution < 1.29 is 19.1 Å². The molecule has 112 valence electrons. The van der Waals surface area contributed by atoms with Gasteiger partial charge in [0.15, 0.2) is 5.78 Å². The quantitative estimate of drug-likeness (QED) is 0.474. The molecule has 4 atom stereocenters. The Bertz CT molecular complexity index is 753. The Kier molecular flexibility index (Phi) is 2.52. The van der Waals surface area contributed by atoms with E-state index in [2.05, 4.69) is 0 Å². The molecule has 2 fully saturated rings. The average molecular weight is 297 g/mol. The van der Waals surface area contributed by atoms with Crippen LogP contribution in [0.4, 0.5) is 5.69 Å². The van der Waals surface area contributed by atoms with Crippen molar-refractivity contribution in [2.75, 3.05) is 4.90 Å². The molecule has 5 nitrogen and oxygen atoms in total. The fraction of sp³-hybridized carbons (Fsp3) is 0.353. The summed E-state index contributed by atoms with van der Waals surface area (Å²) in [6, 6.07) is 6.64. The Morgan fingerprint density at radius 2 is 2.05 bits per heavy atom. The number of carbonyl (C=O) groups excluding carboxylic acids is 3. The highest BCUT2D eigenvalue weighted by molar-refractivity contribution is 6.23. The van der Waals surface area contributed by atoms with E-state index in [4.69, 9.17) is 4.74 Å². The van der Waals surface area contributed by atoms with Crippen LogP contribution >= 0.6 is 0 Å². The molecular formula is C17H15NO4. The molecular weight excluding hydrogens is 282 g/mol. The minimum Gasteiger partial charge on any atom is -0.362 e. The molecule has 3 aliphatic heterocycles. The molecule has 0 aliphatic carbocycles. The molecule has 22 heavy (non-hydrogen) atoms. The van der Waals surface area contributed by atoms with Crippen LogP contribution in [-0.2, 0) is 14.3 Å². The van der Waals surface area contributed by atoms with Crippen molar-refractivity contribution in [3.8, 4) is 0 Å². The van der Waals surface area contributed by atoms with Crippen LogP contribution in [0.5, 0.6) is 0 Å². The van der Waals surface area contributed by atoms with E-state index in [0.717, 1.165) is 0 Å². The second-order valence-electron chi connectivity index (χ2n) is 6.25. The van der Waals surface area contributed by atoms with E-state index in [9.17, 15) is 14.4 Å². The number of ketones is 1. The number of hydrogen-bond donors (Lipinski definition) is 0. The SMILES string of the molecule is CC(=O)c1cccc(N2C(=O)[C@H]3[C@@H](C2=O)[C@@]2(C)C=C[C@H]3O2)c1. The molecule has 0 N–H and O–H groups in total. The van der Waals surface area contributed by atoms with E-state index in [0.29, 0.717) is 11.3 Å². The Morgan fingerprint density at radius 3 is 2.73 bits per heavy atom. The summed E-state index contributed by atoms with van der Waals surface area (Å²) < 4.78 is 5.78. The zero-order valence-electron chi connectivity index (χ0n) is 12.3. The van der Waals surface area contributed by atoms with E-state index in [1.54, 1.807) is 24.3 Å². The highest BCUT2D eigenvalue weighted by Crippen LogP contribution is 2.52. The summed E-state index contributed by atoms with van der Waals surface area (Å²) in [5, 5.41) is 0. The molecule has 1 aromatic rings. The number of Topliss-reactive ketones (excluding diaryl/α,β-unsaturated/α-hetero) is 1. The van der Waals surface area contributed by atoms with Crippen LogP contribution in [0.1, 0.15) is 24.2 Å². The van der Waals surface area contributed by atoms with Crippen LogP contribution in [0.25, 0.3) is 0 Å². The average Bonchev–Trinajstić information content (AvgIpc) is 3.08. The van der Waals surface area contributed by atoms with Crippen molar-refractivity contribution in [2.45, 2.75) is 25.6 Å². The molecule has 0 unspecified atom stereocenters. The van der Waals surface area contributed by atoms with Gasteiger partial charge in [-0.05, 0) is 26.0 Å². The molecule has 3 aliphatic rings.